The summed E-state index contributed by atoms with van der Waals surface area (Å²) < 4.78 is 0. The average Bonchev–Trinajstić information content (AvgIpc) is 2.22. The van der Waals surface area contributed by atoms with Crippen LogP contribution < -0.4 is 10.6 Å². The molecule has 1 amide bonds. The van der Waals surface area contributed by atoms with Gasteiger partial charge in [-0.2, -0.15) is 0 Å². The third-order valence-electron chi connectivity index (χ3n) is 2.55. The van der Waals surface area contributed by atoms with Crippen LogP contribution in [-0.2, 0) is 9.59 Å². The van der Waals surface area contributed by atoms with Crippen LogP contribution in [0.1, 0.15) is 39.5 Å². The van der Waals surface area contributed by atoms with E-state index in [2.05, 4.69) is 10.6 Å². The second-order valence-corrected chi connectivity index (χ2v) is 4.34. The normalized spacial score (nSPS) is 11.2. The topological polar surface area (TPSA) is 78.4 Å². The molecular formula is C11H22N2O3. The summed E-state index contributed by atoms with van der Waals surface area (Å²) in [5, 5.41) is 14.2. The molecule has 0 aromatic carbocycles. The van der Waals surface area contributed by atoms with Crippen molar-refractivity contribution in [1.29, 1.82) is 0 Å². The van der Waals surface area contributed by atoms with Crippen molar-refractivity contribution in [3.8, 4) is 0 Å². The Morgan fingerprint density at radius 1 is 1.19 bits per heavy atom. The molecule has 3 N–H and O–H groups in total. The van der Waals surface area contributed by atoms with Crippen LogP contribution in [0, 0.1) is 0 Å². The largest absolute Gasteiger partial charge is 0.481 e. The van der Waals surface area contributed by atoms with Gasteiger partial charge >= 0.3 is 5.97 Å². The highest BCUT2D eigenvalue weighted by Crippen LogP contribution is 2.02. The SMILES string of the molecule is CNC(C)(C)C(=O)NCCCCCC(=O)O. The Labute approximate surface area is 96.6 Å². The van der Waals surface area contributed by atoms with Gasteiger partial charge in [0, 0.05) is 13.0 Å². The number of unbranched alkanes of at least 4 members (excludes halogenated alkanes) is 2. The second kappa shape index (κ2) is 7.22. The van der Waals surface area contributed by atoms with Crippen LogP contribution in [0.2, 0.25) is 0 Å². The highest BCUT2D eigenvalue weighted by atomic mass is 16.4. The molecule has 5 heteroatoms. The summed E-state index contributed by atoms with van der Waals surface area (Å²) in [6.45, 7) is 4.23. The number of amides is 1. The zero-order chi connectivity index (χ0) is 12.6. The van der Waals surface area contributed by atoms with Gasteiger partial charge in [-0.3, -0.25) is 9.59 Å². The summed E-state index contributed by atoms with van der Waals surface area (Å²) in [4.78, 5) is 21.8. The zero-order valence-electron chi connectivity index (χ0n) is 10.3. The first kappa shape index (κ1) is 14.9. The van der Waals surface area contributed by atoms with Crippen molar-refractivity contribution < 1.29 is 14.7 Å². The molecular weight excluding hydrogens is 208 g/mol. The Kier molecular flexibility index (Phi) is 6.72. The van der Waals surface area contributed by atoms with E-state index in [4.69, 9.17) is 5.11 Å². The Balaban J connectivity index is 3.52. The Morgan fingerprint density at radius 3 is 2.31 bits per heavy atom. The van der Waals surface area contributed by atoms with E-state index in [0.29, 0.717) is 13.0 Å². The Morgan fingerprint density at radius 2 is 1.81 bits per heavy atom. The Hall–Kier alpha value is -1.10. The first-order valence-electron chi connectivity index (χ1n) is 5.59. The molecule has 0 aromatic heterocycles. The summed E-state index contributed by atoms with van der Waals surface area (Å²) in [5.41, 5.74) is -0.554. The van der Waals surface area contributed by atoms with Crippen LogP contribution in [-0.4, -0.2) is 36.1 Å². The number of carboxylic acid groups (broad SMARTS) is 1. The maximum absolute atomic E-state index is 11.6. The molecule has 94 valence electrons. The van der Waals surface area contributed by atoms with Gasteiger partial charge in [-0.25, -0.2) is 0 Å². The van der Waals surface area contributed by atoms with Gasteiger partial charge in [0.1, 0.15) is 0 Å². The highest BCUT2D eigenvalue weighted by molar-refractivity contribution is 5.85. The second-order valence-electron chi connectivity index (χ2n) is 4.34. The lowest BCUT2D eigenvalue weighted by molar-refractivity contribution is -0.137. The number of likely N-dealkylation sites (N-methyl/N-ethyl adjacent to an activating group) is 1. The molecule has 0 saturated carbocycles. The van der Waals surface area contributed by atoms with Crippen molar-refractivity contribution in [3.63, 3.8) is 0 Å². The van der Waals surface area contributed by atoms with Crippen LogP contribution >= 0.6 is 0 Å². The molecule has 0 spiro atoms. The van der Waals surface area contributed by atoms with E-state index in [0.717, 1.165) is 12.8 Å². The van der Waals surface area contributed by atoms with E-state index in [1.54, 1.807) is 7.05 Å². The van der Waals surface area contributed by atoms with Crippen LogP contribution in [0.4, 0.5) is 0 Å². The van der Waals surface area contributed by atoms with E-state index in [9.17, 15) is 9.59 Å². The third-order valence-corrected chi connectivity index (χ3v) is 2.55. The van der Waals surface area contributed by atoms with Gasteiger partial charge in [0.2, 0.25) is 5.91 Å². The minimum absolute atomic E-state index is 0.0340. The smallest absolute Gasteiger partial charge is 0.303 e. The van der Waals surface area contributed by atoms with E-state index in [1.807, 2.05) is 13.8 Å². The average molecular weight is 230 g/mol. The standard InChI is InChI=1S/C11H22N2O3/c1-11(2,12-3)10(16)13-8-6-4-5-7-9(14)15/h12H,4-8H2,1-3H3,(H,13,16)(H,14,15). The molecule has 0 unspecified atom stereocenters. The molecule has 0 aliphatic rings. The maximum Gasteiger partial charge on any atom is 0.303 e. The van der Waals surface area contributed by atoms with Gasteiger partial charge in [-0.1, -0.05) is 6.42 Å². The van der Waals surface area contributed by atoms with Gasteiger partial charge in [-0.15, -0.1) is 0 Å². The fourth-order valence-corrected chi connectivity index (χ4v) is 1.11. The van der Waals surface area contributed by atoms with Crippen molar-refractivity contribution in [3.05, 3.63) is 0 Å². The number of hydrogen-bond donors (Lipinski definition) is 3. The van der Waals surface area contributed by atoms with Gasteiger partial charge < -0.3 is 15.7 Å². The lowest BCUT2D eigenvalue weighted by Gasteiger charge is -2.22. The lowest BCUT2D eigenvalue weighted by Crippen LogP contribution is -2.51. The lowest BCUT2D eigenvalue weighted by atomic mass is 10.1. The number of carboxylic acids is 1. The molecule has 0 aliphatic heterocycles. The third kappa shape index (κ3) is 6.40. The number of carbonyl (C=O) groups is 2. The zero-order valence-corrected chi connectivity index (χ0v) is 10.3. The molecule has 0 aliphatic carbocycles. The summed E-state index contributed by atoms with van der Waals surface area (Å²) in [6, 6.07) is 0. The molecule has 5 nitrogen and oxygen atoms in total. The first-order chi connectivity index (χ1) is 7.40. The number of aliphatic carboxylic acids is 1. The van der Waals surface area contributed by atoms with Crippen LogP contribution in [0.5, 0.6) is 0 Å². The quantitative estimate of drug-likeness (QED) is 0.538. The maximum atomic E-state index is 11.6. The molecule has 0 radical (unpaired) electrons. The predicted octanol–water partition coefficient (Wildman–Crippen LogP) is 0.746. The van der Waals surface area contributed by atoms with Gasteiger partial charge in [0.25, 0.3) is 0 Å². The van der Waals surface area contributed by atoms with E-state index in [1.165, 1.54) is 0 Å². The van der Waals surface area contributed by atoms with Crippen LogP contribution in [0.25, 0.3) is 0 Å². The minimum Gasteiger partial charge on any atom is -0.481 e. The number of nitrogens with one attached hydrogen (secondary N) is 2. The minimum atomic E-state index is -0.764. The van der Waals surface area contributed by atoms with Gasteiger partial charge in [-0.05, 0) is 33.7 Å². The van der Waals surface area contributed by atoms with Gasteiger partial charge in [0.05, 0.1) is 5.54 Å². The number of carbonyl (C=O) groups excluding carboxylic acids is 1. The van der Waals surface area contributed by atoms with E-state index < -0.39 is 11.5 Å². The number of hydrogen-bond acceptors (Lipinski definition) is 3. The number of rotatable bonds is 8. The summed E-state index contributed by atoms with van der Waals surface area (Å²) in [5.74, 6) is -0.798. The first-order valence-corrected chi connectivity index (χ1v) is 5.59. The fourth-order valence-electron chi connectivity index (χ4n) is 1.11. The van der Waals surface area contributed by atoms with Crippen LogP contribution in [0.3, 0.4) is 0 Å². The molecule has 0 bridgehead atoms. The summed E-state index contributed by atoms with van der Waals surface area (Å²) >= 11 is 0. The summed E-state index contributed by atoms with van der Waals surface area (Å²) in [6.07, 6.45) is 2.52. The highest BCUT2D eigenvalue weighted by Gasteiger charge is 2.24. The predicted molar refractivity (Wildman–Crippen MR) is 62.3 cm³/mol. The molecule has 0 fully saturated rings. The molecule has 0 heterocycles. The van der Waals surface area contributed by atoms with Crippen molar-refractivity contribution in [1.82, 2.24) is 10.6 Å². The molecule has 0 aromatic rings. The summed E-state index contributed by atoms with van der Waals surface area (Å²) in [7, 11) is 1.74. The fraction of sp³-hybridized carbons (Fsp3) is 0.818. The van der Waals surface area contributed by atoms with Crippen molar-refractivity contribution >= 4 is 11.9 Å². The monoisotopic (exact) mass is 230 g/mol. The molecule has 0 saturated heterocycles. The Bertz CT molecular complexity index is 239. The van der Waals surface area contributed by atoms with Crippen molar-refractivity contribution in [2.24, 2.45) is 0 Å². The van der Waals surface area contributed by atoms with Crippen molar-refractivity contribution in [2.45, 2.75) is 45.1 Å². The van der Waals surface area contributed by atoms with Gasteiger partial charge in [0.15, 0.2) is 0 Å². The molecule has 0 rings (SSSR count). The molecule has 16 heavy (non-hydrogen) atoms. The van der Waals surface area contributed by atoms with E-state index >= 15 is 0 Å². The van der Waals surface area contributed by atoms with Crippen molar-refractivity contribution in [2.75, 3.05) is 13.6 Å². The molecule has 0 atom stereocenters. The van der Waals surface area contributed by atoms with E-state index in [-0.39, 0.29) is 12.3 Å². The van der Waals surface area contributed by atoms with Crippen LogP contribution in [0.15, 0.2) is 0 Å².